The zero-order valence-corrected chi connectivity index (χ0v) is 10.7. The first-order valence-electron chi connectivity index (χ1n) is 4.89. The molecule has 0 spiro atoms. The number of hydrogen-bond acceptors (Lipinski definition) is 4. The summed E-state index contributed by atoms with van der Waals surface area (Å²) in [6.07, 6.45) is 0. The average Bonchev–Trinajstić information content (AvgIpc) is 2.82. The number of carbonyl (C=O) groups is 1. The molecule has 1 aromatic carbocycles. The van der Waals surface area contributed by atoms with Gasteiger partial charge in [0, 0.05) is 5.69 Å². The molecule has 0 unspecified atom stereocenters. The van der Waals surface area contributed by atoms with Gasteiger partial charge in [-0.15, -0.1) is 11.3 Å². The van der Waals surface area contributed by atoms with Crippen molar-refractivity contribution in [2.45, 2.75) is 4.21 Å². The molecule has 0 aliphatic carbocycles. The molecular weight excluding hydrogens is 274 g/mol. The molecule has 94 valence electrons. The summed E-state index contributed by atoms with van der Waals surface area (Å²) in [5.74, 6) is -1.10. The van der Waals surface area contributed by atoms with Crippen LogP contribution in [0.2, 0.25) is 0 Å². The number of rotatable bonds is 4. The summed E-state index contributed by atoms with van der Waals surface area (Å²) in [5, 5.41) is 10.5. The van der Waals surface area contributed by atoms with Gasteiger partial charge in [-0.25, -0.2) is 13.2 Å². The highest BCUT2D eigenvalue weighted by molar-refractivity contribution is 7.94. The van der Waals surface area contributed by atoms with Crippen LogP contribution in [-0.2, 0) is 10.0 Å². The maximum atomic E-state index is 11.9. The topological polar surface area (TPSA) is 83.5 Å². The second-order valence-electron chi connectivity index (χ2n) is 3.42. The van der Waals surface area contributed by atoms with Crippen LogP contribution in [0.15, 0.2) is 46.0 Å². The van der Waals surface area contributed by atoms with Gasteiger partial charge in [0.25, 0.3) is 10.0 Å². The molecule has 1 aromatic heterocycles. The largest absolute Gasteiger partial charge is 0.478 e. The molecule has 18 heavy (non-hydrogen) atoms. The molecule has 0 aliphatic rings. The number of hydrogen-bond donors (Lipinski definition) is 2. The minimum absolute atomic E-state index is 0.0291. The number of carboxylic acid groups (broad SMARTS) is 1. The third kappa shape index (κ3) is 2.69. The second kappa shape index (κ2) is 4.79. The lowest BCUT2D eigenvalue weighted by molar-refractivity contribution is 0.0697. The predicted molar refractivity (Wildman–Crippen MR) is 68.5 cm³/mol. The molecule has 2 N–H and O–H groups in total. The van der Waals surface area contributed by atoms with E-state index in [4.69, 9.17) is 5.11 Å². The van der Waals surface area contributed by atoms with E-state index in [-0.39, 0.29) is 15.5 Å². The first kappa shape index (κ1) is 12.6. The van der Waals surface area contributed by atoms with E-state index in [2.05, 4.69) is 4.72 Å². The minimum Gasteiger partial charge on any atom is -0.478 e. The molecule has 1 heterocycles. The normalized spacial score (nSPS) is 11.1. The van der Waals surface area contributed by atoms with Gasteiger partial charge in [-0.1, -0.05) is 12.1 Å². The monoisotopic (exact) mass is 283 g/mol. The van der Waals surface area contributed by atoms with Crippen molar-refractivity contribution in [1.82, 2.24) is 0 Å². The van der Waals surface area contributed by atoms with Crippen molar-refractivity contribution in [2.24, 2.45) is 0 Å². The van der Waals surface area contributed by atoms with Crippen LogP contribution in [0.1, 0.15) is 10.4 Å². The maximum Gasteiger partial charge on any atom is 0.335 e. The first-order valence-corrected chi connectivity index (χ1v) is 7.25. The fourth-order valence-corrected chi connectivity index (χ4v) is 3.38. The Balaban J connectivity index is 2.30. The average molecular weight is 283 g/mol. The highest BCUT2D eigenvalue weighted by atomic mass is 32.2. The van der Waals surface area contributed by atoms with Crippen molar-refractivity contribution < 1.29 is 18.3 Å². The number of benzene rings is 1. The molecule has 0 aliphatic heterocycles. The van der Waals surface area contributed by atoms with Gasteiger partial charge < -0.3 is 5.11 Å². The zero-order chi connectivity index (χ0) is 13.2. The lowest BCUT2D eigenvalue weighted by Gasteiger charge is -2.06. The highest BCUT2D eigenvalue weighted by Crippen LogP contribution is 2.20. The van der Waals surface area contributed by atoms with Crippen molar-refractivity contribution in [3.05, 3.63) is 47.3 Å². The summed E-state index contributed by atoms with van der Waals surface area (Å²) in [5.41, 5.74) is 0.254. The molecule has 0 saturated carbocycles. The Morgan fingerprint density at radius 2 is 2.00 bits per heavy atom. The van der Waals surface area contributed by atoms with Gasteiger partial charge in [0.1, 0.15) is 4.21 Å². The van der Waals surface area contributed by atoms with Crippen LogP contribution >= 0.6 is 11.3 Å². The third-order valence-corrected chi connectivity index (χ3v) is 4.90. The molecule has 0 amide bonds. The van der Waals surface area contributed by atoms with E-state index < -0.39 is 16.0 Å². The molecule has 0 saturated heterocycles. The zero-order valence-electron chi connectivity index (χ0n) is 9.03. The summed E-state index contributed by atoms with van der Waals surface area (Å²) >= 11 is 1.09. The molecular formula is C11H9NO4S2. The standard InChI is InChI=1S/C11H9NO4S2/c13-11(14)8-3-1-4-9(7-8)12-18(15,16)10-5-2-6-17-10/h1-7,12H,(H,13,14). The number of nitrogens with one attached hydrogen (secondary N) is 1. The fourth-order valence-electron chi connectivity index (χ4n) is 1.34. The van der Waals surface area contributed by atoms with Gasteiger partial charge in [-0.2, -0.15) is 0 Å². The van der Waals surface area contributed by atoms with Crippen LogP contribution in [0.5, 0.6) is 0 Å². The fraction of sp³-hybridized carbons (Fsp3) is 0. The number of thiophene rings is 1. The van der Waals surface area contributed by atoms with Crippen LogP contribution in [0.25, 0.3) is 0 Å². The Labute approximate surface area is 108 Å². The van der Waals surface area contributed by atoms with Crippen LogP contribution in [-0.4, -0.2) is 19.5 Å². The van der Waals surface area contributed by atoms with Gasteiger partial charge in [-0.05, 0) is 29.6 Å². The van der Waals surface area contributed by atoms with E-state index in [0.717, 1.165) is 11.3 Å². The molecule has 7 heteroatoms. The van der Waals surface area contributed by atoms with Gasteiger partial charge in [-0.3, -0.25) is 4.72 Å². The highest BCUT2D eigenvalue weighted by Gasteiger charge is 2.15. The lowest BCUT2D eigenvalue weighted by Crippen LogP contribution is -2.11. The smallest absolute Gasteiger partial charge is 0.335 e. The van der Waals surface area contributed by atoms with Gasteiger partial charge in [0.2, 0.25) is 0 Å². The van der Waals surface area contributed by atoms with Crippen molar-refractivity contribution >= 4 is 33.0 Å². The Kier molecular flexibility index (Phi) is 3.35. The summed E-state index contributed by atoms with van der Waals surface area (Å²) < 4.78 is 26.3. The van der Waals surface area contributed by atoms with Gasteiger partial charge in [0.05, 0.1) is 5.56 Å². The molecule has 0 bridgehead atoms. The molecule has 0 fully saturated rings. The van der Waals surface area contributed by atoms with Crippen LogP contribution in [0.3, 0.4) is 0 Å². The molecule has 0 atom stereocenters. The Morgan fingerprint density at radius 1 is 1.22 bits per heavy atom. The van der Waals surface area contributed by atoms with Crippen molar-refractivity contribution in [1.29, 1.82) is 0 Å². The number of sulfonamides is 1. The molecule has 2 rings (SSSR count). The van der Waals surface area contributed by atoms with E-state index in [9.17, 15) is 13.2 Å². The van der Waals surface area contributed by atoms with Crippen LogP contribution < -0.4 is 4.72 Å². The summed E-state index contributed by atoms with van der Waals surface area (Å²) in [6.45, 7) is 0. The van der Waals surface area contributed by atoms with Crippen molar-refractivity contribution in [3.8, 4) is 0 Å². The van der Waals surface area contributed by atoms with Gasteiger partial charge >= 0.3 is 5.97 Å². The second-order valence-corrected chi connectivity index (χ2v) is 6.28. The summed E-state index contributed by atoms with van der Waals surface area (Å²) in [7, 11) is -3.64. The third-order valence-electron chi connectivity index (χ3n) is 2.12. The maximum absolute atomic E-state index is 11.9. The minimum atomic E-state index is -3.64. The molecule has 0 radical (unpaired) electrons. The lowest BCUT2D eigenvalue weighted by atomic mass is 10.2. The Morgan fingerprint density at radius 3 is 2.61 bits per heavy atom. The summed E-state index contributed by atoms with van der Waals surface area (Å²) in [4.78, 5) is 10.8. The SMILES string of the molecule is O=C(O)c1cccc(NS(=O)(=O)c2cccs2)c1. The number of carboxylic acids is 1. The quantitative estimate of drug-likeness (QED) is 0.901. The first-order chi connectivity index (χ1) is 8.49. The number of anilines is 1. The Bertz CT molecular complexity index is 662. The van der Waals surface area contributed by atoms with E-state index in [0.29, 0.717) is 0 Å². The van der Waals surface area contributed by atoms with Crippen molar-refractivity contribution in [2.75, 3.05) is 4.72 Å². The molecule has 5 nitrogen and oxygen atoms in total. The van der Waals surface area contributed by atoms with Crippen molar-refractivity contribution in [3.63, 3.8) is 0 Å². The number of aromatic carboxylic acids is 1. The van der Waals surface area contributed by atoms with E-state index in [1.54, 1.807) is 11.4 Å². The summed E-state index contributed by atoms with van der Waals surface area (Å²) in [6, 6.07) is 8.76. The predicted octanol–water partition coefficient (Wildman–Crippen LogP) is 2.25. The van der Waals surface area contributed by atoms with Gasteiger partial charge in [0.15, 0.2) is 0 Å². The van der Waals surface area contributed by atoms with E-state index >= 15 is 0 Å². The van der Waals surface area contributed by atoms with Crippen LogP contribution in [0, 0.1) is 0 Å². The van der Waals surface area contributed by atoms with Crippen LogP contribution in [0.4, 0.5) is 5.69 Å². The van der Waals surface area contributed by atoms with E-state index in [1.807, 2.05) is 0 Å². The Hall–Kier alpha value is -1.86. The van der Waals surface area contributed by atoms with E-state index in [1.165, 1.54) is 30.3 Å². The molecule has 2 aromatic rings.